The van der Waals surface area contributed by atoms with Crippen molar-refractivity contribution in [1.29, 1.82) is 0 Å². The average Bonchev–Trinajstić information content (AvgIpc) is 3.37. The summed E-state index contributed by atoms with van der Waals surface area (Å²) in [6.07, 6.45) is 6.03. The number of imide groups is 2. The van der Waals surface area contributed by atoms with Gasteiger partial charge in [0.2, 0.25) is 11.8 Å². The molecule has 2 fully saturated rings. The molecule has 2 aromatic heterocycles. The minimum atomic E-state index is -0.988. The Labute approximate surface area is 214 Å². The summed E-state index contributed by atoms with van der Waals surface area (Å²) in [5.41, 5.74) is 5.01. The van der Waals surface area contributed by atoms with Gasteiger partial charge in [0.05, 0.1) is 11.1 Å². The molecule has 0 bridgehead atoms. The Kier molecular flexibility index (Phi) is 5.58. The van der Waals surface area contributed by atoms with E-state index in [-0.39, 0.29) is 24.0 Å². The van der Waals surface area contributed by atoms with E-state index in [1.165, 1.54) is 19.3 Å². The number of anilines is 1. The molecule has 1 unspecified atom stereocenters. The van der Waals surface area contributed by atoms with Gasteiger partial charge < -0.3 is 5.32 Å². The van der Waals surface area contributed by atoms with Gasteiger partial charge >= 0.3 is 0 Å². The predicted molar refractivity (Wildman–Crippen MR) is 137 cm³/mol. The Morgan fingerprint density at radius 1 is 0.919 bits per heavy atom. The van der Waals surface area contributed by atoms with E-state index in [0.29, 0.717) is 6.04 Å². The van der Waals surface area contributed by atoms with Crippen LogP contribution in [0.2, 0.25) is 0 Å². The SMILES string of the molecule is Cc1ccc2nc(-c3ccc4c(c3)C(=O)N(C3CCC(=O)NC3=O)C4=O)c(NC3CCCCC3)n2c1C. The van der Waals surface area contributed by atoms with E-state index in [0.717, 1.165) is 51.7 Å². The lowest BCUT2D eigenvalue weighted by Gasteiger charge is -2.27. The van der Waals surface area contributed by atoms with Gasteiger partial charge in [-0.3, -0.25) is 33.8 Å². The smallest absolute Gasteiger partial charge is 0.262 e. The maximum Gasteiger partial charge on any atom is 0.262 e. The van der Waals surface area contributed by atoms with Crippen LogP contribution in [0.25, 0.3) is 16.9 Å². The van der Waals surface area contributed by atoms with Crippen LogP contribution in [0.1, 0.15) is 76.9 Å². The zero-order valence-corrected chi connectivity index (χ0v) is 21.0. The lowest BCUT2D eigenvalue weighted by molar-refractivity contribution is -0.136. The quantitative estimate of drug-likeness (QED) is 0.529. The molecule has 1 saturated heterocycles. The van der Waals surface area contributed by atoms with Gasteiger partial charge in [0, 0.05) is 23.7 Å². The number of aromatic nitrogens is 2. The van der Waals surface area contributed by atoms with Crippen molar-refractivity contribution in [1.82, 2.24) is 19.6 Å². The van der Waals surface area contributed by atoms with Gasteiger partial charge in [-0.2, -0.15) is 0 Å². The van der Waals surface area contributed by atoms with Gasteiger partial charge in [0.25, 0.3) is 11.8 Å². The molecule has 0 radical (unpaired) electrons. The van der Waals surface area contributed by atoms with E-state index in [4.69, 9.17) is 4.98 Å². The summed E-state index contributed by atoms with van der Waals surface area (Å²) >= 11 is 0. The third kappa shape index (κ3) is 3.80. The van der Waals surface area contributed by atoms with E-state index >= 15 is 0 Å². The highest BCUT2D eigenvalue weighted by atomic mass is 16.2. The third-order valence-electron chi connectivity index (χ3n) is 7.95. The van der Waals surface area contributed by atoms with Crippen LogP contribution < -0.4 is 10.6 Å². The molecular formula is C28H29N5O4. The molecule has 4 heterocycles. The number of fused-ring (bicyclic) bond motifs is 2. The number of nitrogens with one attached hydrogen (secondary N) is 2. The first-order chi connectivity index (χ1) is 17.8. The molecule has 190 valence electrons. The zero-order valence-electron chi connectivity index (χ0n) is 21.0. The third-order valence-corrected chi connectivity index (χ3v) is 7.95. The van der Waals surface area contributed by atoms with Crippen LogP contribution in [-0.2, 0) is 9.59 Å². The molecule has 37 heavy (non-hydrogen) atoms. The summed E-state index contributed by atoms with van der Waals surface area (Å²) in [6, 6.07) is 8.55. The van der Waals surface area contributed by atoms with Crippen LogP contribution >= 0.6 is 0 Å². The fraction of sp³-hybridized carbons (Fsp3) is 0.393. The number of hydrogen-bond donors (Lipinski definition) is 2. The summed E-state index contributed by atoms with van der Waals surface area (Å²) in [7, 11) is 0. The first kappa shape index (κ1) is 23.4. The van der Waals surface area contributed by atoms with Gasteiger partial charge in [-0.05, 0) is 56.9 Å². The fourth-order valence-corrected chi connectivity index (χ4v) is 5.78. The van der Waals surface area contributed by atoms with E-state index in [9.17, 15) is 19.2 Å². The van der Waals surface area contributed by atoms with Gasteiger partial charge in [0.1, 0.15) is 23.2 Å². The highest BCUT2D eigenvalue weighted by Crippen LogP contribution is 2.36. The molecule has 9 heteroatoms. The highest BCUT2D eigenvalue weighted by molar-refractivity contribution is 6.23. The van der Waals surface area contributed by atoms with Crippen molar-refractivity contribution in [3.63, 3.8) is 0 Å². The summed E-state index contributed by atoms with van der Waals surface area (Å²) in [5, 5.41) is 5.99. The monoisotopic (exact) mass is 499 g/mol. The van der Waals surface area contributed by atoms with Crippen LogP contribution in [0.5, 0.6) is 0 Å². The van der Waals surface area contributed by atoms with Crippen molar-refractivity contribution in [2.45, 2.75) is 70.9 Å². The second-order valence-electron chi connectivity index (χ2n) is 10.3. The molecule has 4 amide bonds. The number of amides is 4. The average molecular weight is 500 g/mol. The van der Waals surface area contributed by atoms with Crippen LogP contribution in [0.3, 0.4) is 0 Å². The number of carbonyl (C=O) groups is 4. The Bertz CT molecular complexity index is 1480. The first-order valence-electron chi connectivity index (χ1n) is 12.9. The van der Waals surface area contributed by atoms with Crippen molar-refractivity contribution in [3.8, 4) is 11.3 Å². The Morgan fingerprint density at radius 3 is 2.43 bits per heavy atom. The molecule has 1 aromatic carbocycles. The second-order valence-corrected chi connectivity index (χ2v) is 10.3. The molecule has 1 saturated carbocycles. The molecule has 1 aliphatic carbocycles. The number of carbonyl (C=O) groups excluding carboxylic acids is 4. The van der Waals surface area contributed by atoms with E-state index < -0.39 is 29.7 Å². The number of pyridine rings is 1. The van der Waals surface area contributed by atoms with Gasteiger partial charge in [-0.15, -0.1) is 0 Å². The van der Waals surface area contributed by atoms with Crippen LogP contribution in [-0.4, -0.2) is 50.0 Å². The van der Waals surface area contributed by atoms with Crippen LogP contribution in [0.4, 0.5) is 5.82 Å². The molecule has 2 aliphatic heterocycles. The Morgan fingerprint density at radius 2 is 1.68 bits per heavy atom. The molecule has 1 atom stereocenters. The van der Waals surface area contributed by atoms with Crippen molar-refractivity contribution in [2.75, 3.05) is 5.32 Å². The fourth-order valence-electron chi connectivity index (χ4n) is 5.78. The normalized spacial score (nSPS) is 20.5. The molecule has 3 aromatic rings. The zero-order chi connectivity index (χ0) is 25.8. The van der Waals surface area contributed by atoms with Gasteiger partial charge in [-0.25, -0.2) is 4.98 Å². The minimum absolute atomic E-state index is 0.0886. The number of benzene rings is 1. The summed E-state index contributed by atoms with van der Waals surface area (Å²) in [6.45, 7) is 4.14. The van der Waals surface area contributed by atoms with E-state index in [1.807, 2.05) is 12.1 Å². The predicted octanol–water partition coefficient (Wildman–Crippen LogP) is 3.76. The van der Waals surface area contributed by atoms with Gasteiger partial charge in [-0.1, -0.05) is 31.4 Å². The maximum atomic E-state index is 13.4. The Balaban J connectivity index is 1.42. The molecule has 6 rings (SSSR count). The number of imidazole rings is 1. The minimum Gasteiger partial charge on any atom is -0.367 e. The number of piperidine rings is 1. The summed E-state index contributed by atoms with van der Waals surface area (Å²) in [5.74, 6) is -1.15. The first-order valence-corrected chi connectivity index (χ1v) is 12.9. The number of aryl methyl sites for hydroxylation is 2. The van der Waals surface area contributed by atoms with Crippen LogP contribution in [0, 0.1) is 13.8 Å². The van der Waals surface area contributed by atoms with Crippen molar-refractivity contribution in [3.05, 3.63) is 52.7 Å². The Hall–Kier alpha value is -4.01. The topological polar surface area (TPSA) is 113 Å². The maximum absolute atomic E-state index is 13.4. The summed E-state index contributed by atoms with van der Waals surface area (Å²) < 4.78 is 2.13. The number of nitrogens with zero attached hydrogens (tertiary/aromatic N) is 3. The lowest BCUT2D eigenvalue weighted by Crippen LogP contribution is -2.54. The van der Waals surface area contributed by atoms with Crippen molar-refractivity contribution in [2.24, 2.45) is 0 Å². The molecule has 2 N–H and O–H groups in total. The van der Waals surface area contributed by atoms with Crippen molar-refractivity contribution >= 4 is 35.1 Å². The molecule has 0 spiro atoms. The van der Waals surface area contributed by atoms with E-state index in [1.54, 1.807) is 12.1 Å². The summed E-state index contributed by atoms with van der Waals surface area (Å²) in [4.78, 5) is 56.5. The van der Waals surface area contributed by atoms with Gasteiger partial charge in [0.15, 0.2) is 0 Å². The molecular weight excluding hydrogens is 470 g/mol. The molecule has 3 aliphatic rings. The van der Waals surface area contributed by atoms with Crippen LogP contribution in [0.15, 0.2) is 30.3 Å². The second kappa shape index (κ2) is 8.83. The largest absolute Gasteiger partial charge is 0.367 e. The lowest BCUT2D eigenvalue weighted by atomic mass is 9.95. The van der Waals surface area contributed by atoms with Crippen molar-refractivity contribution < 1.29 is 19.2 Å². The van der Waals surface area contributed by atoms with E-state index in [2.05, 4.69) is 34.9 Å². The number of rotatable bonds is 4. The number of hydrogen-bond acceptors (Lipinski definition) is 6. The standard InChI is InChI=1S/C28H29N5O4/c1-15-8-12-22-30-24(25(32(22)16(15)2)29-18-6-4-3-5-7-18)17-9-10-19-20(14-17)28(37)33(27(19)36)21-11-13-23(34)31-26(21)35/h8-10,12,14,18,21,29H,3-7,11,13H2,1-2H3,(H,31,34,35). The highest BCUT2D eigenvalue weighted by Gasteiger charge is 2.44. The molecule has 9 nitrogen and oxygen atoms in total.